The van der Waals surface area contributed by atoms with Gasteiger partial charge in [-0.2, -0.15) is 0 Å². The second-order valence-electron chi connectivity index (χ2n) is 10.2. The van der Waals surface area contributed by atoms with Crippen LogP contribution < -0.4 is 5.11 Å². The lowest BCUT2D eigenvalue weighted by molar-refractivity contribution is -0.975. The molecule has 0 aromatic heterocycles. The maximum atomic E-state index is 12.5. The van der Waals surface area contributed by atoms with Gasteiger partial charge in [-0.3, -0.25) is 4.48 Å². The van der Waals surface area contributed by atoms with Crippen LogP contribution in [0.15, 0.2) is 12.7 Å². The minimum absolute atomic E-state index is 0.204. The van der Waals surface area contributed by atoms with Crippen LogP contribution in [0.2, 0.25) is 0 Å². The molecule has 0 aliphatic rings. The van der Waals surface area contributed by atoms with Crippen molar-refractivity contribution in [1.82, 2.24) is 0 Å². The van der Waals surface area contributed by atoms with Crippen molar-refractivity contribution in [2.45, 2.75) is 148 Å². The molecule has 0 aliphatic heterocycles. The number of nitrogens with zero attached hydrogens (tertiary/aromatic N) is 1. The van der Waals surface area contributed by atoms with Gasteiger partial charge in [-0.05, 0) is 38.5 Å². The van der Waals surface area contributed by atoms with Crippen LogP contribution in [0.25, 0.3) is 0 Å². The van der Waals surface area contributed by atoms with E-state index in [1.807, 2.05) is 26.8 Å². The fraction of sp³-hybridized carbons (Fsp3) is 0.828. The van der Waals surface area contributed by atoms with Crippen molar-refractivity contribution >= 4 is 17.9 Å². The van der Waals surface area contributed by atoms with E-state index in [9.17, 15) is 29.7 Å². The number of carboxylic acids is 3. The highest BCUT2D eigenvalue weighted by Gasteiger charge is 2.54. The van der Waals surface area contributed by atoms with Crippen LogP contribution in [-0.4, -0.2) is 57.3 Å². The highest BCUT2D eigenvalue weighted by atomic mass is 16.4. The predicted octanol–water partition coefficient (Wildman–Crippen LogP) is 5.71. The van der Waals surface area contributed by atoms with E-state index in [0.717, 1.165) is 32.1 Å². The monoisotopic (exact) mass is 511 g/mol. The molecule has 0 saturated heterocycles. The third-order valence-electron chi connectivity index (χ3n) is 7.47. The highest BCUT2D eigenvalue weighted by molar-refractivity contribution is 5.77. The Bertz CT molecular complexity index is 575. The zero-order valence-corrected chi connectivity index (χ0v) is 23.2. The van der Waals surface area contributed by atoms with Crippen LogP contribution in [0.3, 0.4) is 0 Å². The van der Waals surface area contributed by atoms with E-state index in [4.69, 9.17) is 0 Å². The summed E-state index contributed by atoms with van der Waals surface area (Å²) in [5.74, 6) is -3.57. The third kappa shape index (κ3) is 11.4. The number of aliphatic carboxylic acids is 3. The zero-order chi connectivity index (χ0) is 27.4. The van der Waals surface area contributed by atoms with Gasteiger partial charge >= 0.3 is 11.9 Å². The molecule has 7 nitrogen and oxygen atoms in total. The van der Waals surface area contributed by atoms with E-state index < -0.39 is 40.5 Å². The second-order valence-corrected chi connectivity index (χ2v) is 10.2. The molecule has 0 amide bonds. The van der Waals surface area contributed by atoms with Crippen LogP contribution >= 0.6 is 0 Å². The van der Waals surface area contributed by atoms with Gasteiger partial charge in [-0.15, -0.1) is 6.58 Å². The fourth-order valence-corrected chi connectivity index (χ4v) is 5.72. The first-order chi connectivity index (χ1) is 17.2. The van der Waals surface area contributed by atoms with Crippen LogP contribution in [-0.2, 0) is 14.4 Å². The van der Waals surface area contributed by atoms with Gasteiger partial charge in [0.05, 0.1) is 12.5 Å². The molecule has 0 aromatic carbocycles. The van der Waals surface area contributed by atoms with Gasteiger partial charge in [-0.1, -0.05) is 78.2 Å². The molecule has 0 spiro atoms. The third-order valence-corrected chi connectivity index (χ3v) is 7.47. The lowest BCUT2D eigenvalue weighted by atomic mass is 9.91. The smallest absolute Gasteiger partial charge is 0.362 e. The fourth-order valence-electron chi connectivity index (χ4n) is 5.72. The number of hydrogen-bond donors (Lipinski definition) is 2. The van der Waals surface area contributed by atoms with Gasteiger partial charge in [0.1, 0.15) is 6.04 Å². The average molecular weight is 512 g/mol. The van der Waals surface area contributed by atoms with Crippen molar-refractivity contribution in [2.75, 3.05) is 6.54 Å². The number of carbonyl (C=O) groups is 3. The summed E-state index contributed by atoms with van der Waals surface area (Å²) in [7, 11) is 0. The first-order valence-corrected chi connectivity index (χ1v) is 14.4. The van der Waals surface area contributed by atoms with E-state index in [0.29, 0.717) is 25.7 Å². The molecule has 2 N–H and O–H groups in total. The molecule has 0 aliphatic carbocycles. The molecule has 7 heteroatoms. The Morgan fingerprint density at radius 1 is 0.694 bits per heavy atom. The number of hydrogen-bond acceptors (Lipinski definition) is 4. The lowest BCUT2D eigenvalue weighted by Gasteiger charge is -2.52. The topological polar surface area (TPSA) is 115 Å². The number of allylic oxidation sites excluding steroid dienone is 1. The van der Waals surface area contributed by atoms with Crippen LogP contribution in [0, 0.1) is 0 Å². The minimum Gasteiger partial charge on any atom is -0.544 e. The molecule has 0 aromatic rings. The van der Waals surface area contributed by atoms with Crippen molar-refractivity contribution in [2.24, 2.45) is 0 Å². The maximum Gasteiger partial charge on any atom is 0.362 e. The molecule has 0 saturated carbocycles. The molecule has 0 fully saturated rings. The van der Waals surface area contributed by atoms with E-state index in [2.05, 4.69) is 6.58 Å². The minimum atomic E-state index is -1.34. The lowest BCUT2D eigenvalue weighted by Crippen LogP contribution is -2.74. The van der Waals surface area contributed by atoms with Gasteiger partial charge in [0.15, 0.2) is 12.1 Å². The highest BCUT2D eigenvalue weighted by Crippen LogP contribution is 2.34. The first kappa shape index (κ1) is 34.1. The van der Waals surface area contributed by atoms with E-state index in [1.54, 1.807) is 0 Å². The molecule has 0 bridgehead atoms. The SMILES string of the molecule is C=CCCCCCCCCCCCC[N+](C(CCC)C(=O)[O-])(C(CCC)C(=O)O)C(CCC)C(=O)O. The van der Waals surface area contributed by atoms with E-state index in [1.165, 1.54) is 32.1 Å². The van der Waals surface area contributed by atoms with Crippen molar-refractivity contribution < 1.29 is 34.2 Å². The summed E-state index contributed by atoms with van der Waals surface area (Å²) >= 11 is 0. The van der Waals surface area contributed by atoms with E-state index in [-0.39, 0.29) is 25.8 Å². The number of rotatable bonds is 25. The molecule has 0 radical (unpaired) electrons. The van der Waals surface area contributed by atoms with Gasteiger partial charge in [-0.25, -0.2) is 9.59 Å². The Kier molecular flexibility index (Phi) is 19.1. The van der Waals surface area contributed by atoms with Gasteiger partial charge in [0, 0.05) is 19.3 Å². The molecular formula is C29H53NO6. The molecule has 3 atom stereocenters. The van der Waals surface area contributed by atoms with Crippen molar-refractivity contribution in [3.8, 4) is 0 Å². The molecular weight excluding hydrogens is 458 g/mol. The average Bonchev–Trinajstić information content (AvgIpc) is 2.83. The quantitative estimate of drug-likeness (QED) is 0.0922. The molecule has 210 valence electrons. The number of unbranched alkanes of at least 4 members (excludes halogenated alkanes) is 10. The summed E-state index contributed by atoms with van der Waals surface area (Å²) in [5, 5.41) is 32.8. The van der Waals surface area contributed by atoms with Crippen molar-refractivity contribution in [3.63, 3.8) is 0 Å². The van der Waals surface area contributed by atoms with Crippen molar-refractivity contribution in [3.05, 3.63) is 12.7 Å². The van der Waals surface area contributed by atoms with Crippen LogP contribution in [0.1, 0.15) is 130 Å². The summed E-state index contributed by atoms with van der Waals surface area (Å²) in [6, 6.07) is -3.33. The van der Waals surface area contributed by atoms with Gasteiger partial charge in [0.25, 0.3) is 0 Å². The zero-order valence-electron chi connectivity index (χ0n) is 23.2. The standard InChI is InChI=1S/C29H53NO6/c1-5-9-10-11-12-13-14-15-16-17-18-19-23-30(24(20-6-2)27(31)32,25(21-7-3)28(33)34)26(22-8-4)29(35)36/h5,24-26H,1,6-23H2,2-4H3,(H2-,31,32,33,34,35,36). The Balaban J connectivity index is 5.53. The summed E-state index contributed by atoms with van der Waals surface area (Å²) in [5.41, 5.74) is 0. The summed E-state index contributed by atoms with van der Waals surface area (Å²) in [6.45, 7) is 9.53. The summed E-state index contributed by atoms with van der Waals surface area (Å²) < 4.78 is -0.437. The normalized spacial score (nSPS) is 15.5. The summed E-state index contributed by atoms with van der Waals surface area (Å²) in [6.07, 6.45) is 16.1. The van der Waals surface area contributed by atoms with Crippen LogP contribution in [0.4, 0.5) is 0 Å². The Morgan fingerprint density at radius 3 is 1.39 bits per heavy atom. The van der Waals surface area contributed by atoms with Gasteiger partial charge in [0.2, 0.25) is 0 Å². The molecule has 36 heavy (non-hydrogen) atoms. The Labute approximate surface area is 219 Å². The van der Waals surface area contributed by atoms with Crippen molar-refractivity contribution in [1.29, 1.82) is 0 Å². The predicted molar refractivity (Wildman–Crippen MR) is 142 cm³/mol. The summed E-state index contributed by atoms with van der Waals surface area (Å²) in [4.78, 5) is 37.4. The largest absolute Gasteiger partial charge is 0.544 e. The molecule has 0 heterocycles. The maximum absolute atomic E-state index is 12.5. The molecule has 3 unspecified atom stereocenters. The van der Waals surface area contributed by atoms with Gasteiger partial charge < -0.3 is 20.1 Å². The number of carboxylic acid groups (broad SMARTS) is 3. The Hall–Kier alpha value is -1.89. The first-order valence-electron chi connectivity index (χ1n) is 14.4. The Morgan fingerprint density at radius 2 is 1.06 bits per heavy atom. The van der Waals surface area contributed by atoms with Crippen LogP contribution in [0.5, 0.6) is 0 Å². The molecule has 0 rings (SSSR count). The number of carbonyl (C=O) groups excluding carboxylic acids is 1. The van der Waals surface area contributed by atoms with E-state index >= 15 is 0 Å². The number of quaternary nitrogens is 1. The second kappa shape index (κ2) is 20.2.